The number of amides is 2. The second-order valence-corrected chi connectivity index (χ2v) is 8.50. The first-order chi connectivity index (χ1) is 16.2. The van der Waals surface area contributed by atoms with Crippen LogP contribution >= 0.6 is 23.2 Å². The minimum Gasteiger partial charge on any atom is -0.455 e. The van der Waals surface area contributed by atoms with E-state index in [-0.39, 0.29) is 17.0 Å². The number of rotatable bonds is 5. The van der Waals surface area contributed by atoms with Crippen LogP contribution in [0.4, 0.5) is 11.4 Å². The Bertz CT molecular complexity index is 1330. The number of carbonyl (C=O) groups excluding carboxylic acids is 2. The number of halogens is 2. The average molecular weight is 501 g/mol. The molecule has 174 valence electrons. The van der Waals surface area contributed by atoms with Gasteiger partial charge in [0.15, 0.2) is 5.76 Å². The fourth-order valence-electron chi connectivity index (χ4n) is 3.75. The summed E-state index contributed by atoms with van der Waals surface area (Å²) >= 11 is 12.0. The lowest BCUT2D eigenvalue weighted by molar-refractivity contribution is -0.384. The van der Waals surface area contributed by atoms with Crippen molar-refractivity contribution in [3.05, 3.63) is 90.8 Å². The maximum atomic E-state index is 12.9. The number of anilines is 1. The number of nitro benzene ring substituents is 1. The number of furan rings is 1. The molecule has 34 heavy (non-hydrogen) atoms. The van der Waals surface area contributed by atoms with Crippen molar-refractivity contribution >= 4 is 52.1 Å². The number of hydrogen-bond donors (Lipinski definition) is 2. The zero-order valence-electron chi connectivity index (χ0n) is 17.9. The van der Waals surface area contributed by atoms with Gasteiger partial charge < -0.3 is 9.73 Å². The summed E-state index contributed by atoms with van der Waals surface area (Å²) in [5, 5.41) is 18.7. The first-order valence-corrected chi connectivity index (χ1v) is 11.0. The number of non-ortho nitro benzene ring substituents is 1. The standard InChI is InChI=1S/C23H18Cl2N4O5/c1-12-20-18(27-28-22(30)13-4-2-5-17(8-13)29(32)33)6-3-7-19(20)34-21(12)23(31)26-16-10-14(24)9-15(25)11-16/h2,4-5,8-11H,3,6-7H2,1H3,(H,26,31)(H,28,30)/b27-18+. The van der Waals surface area contributed by atoms with Gasteiger partial charge in [0.05, 0.1) is 10.6 Å². The van der Waals surface area contributed by atoms with Gasteiger partial charge in [-0.15, -0.1) is 0 Å². The summed E-state index contributed by atoms with van der Waals surface area (Å²) in [6.07, 6.45) is 1.90. The van der Waals surface area contributed by atoms with Gasteiger partial charge in [0.25, 0.3) is 17.5 Å². The first kappa shape index (κ1) is 23.5. The van der Waals surface area contributed by atoms with Gasteiger partial charge in [0.1, 0.15) is 5.76 Å². The molecular weight excluding hydrogens is 483 g/mol. The molecule has 0 saturated carbocycles. The van der Waals surface area contributed by atoms with E-state index in [0.29, 0.717) is 51.2 Å². The monoisotopic (exact) mass is 500 g/mol. The summed E-state index contributed by atoms with van der Waals surface area (Å²) in [6.45, 7) is 1.74. The lowest BCUT2D eigenvalue weighted by atomic mass is 9.93. The summed E-state index contributed by atoms with van der Waals surface area (Å²) < 4.78 is 5.85. The van der Waals surface area contributed by atoms with Gasteiger partial charge in [-0.1, -0.05) is 29.3 Å². The molecule has 0 atom stereocenters. The zero-order chi connectivity index (χ0) is 24.4. The highest BCUT2D eigenvalue weighted by atomic mass is 35.5. The van der Waals surface area contributed by atoms with Crippen molar-refractivity contribution in [2.24, 2.45) is 5.10 Å². The molecule has 1 heterocycles. The molecule has 2 N–H and O–H groups in total. The Morgan fingerprint density at radius 1 is 1.09 bits per heavy atom. The third kappa shape index (κ3) is 4.95. The number of benzene rings is 2. The number of nitrogens with one attached hydrogen (secondary N) is 2. The predicted octanol–water partition coefficient (Wildman–Crippen LogP) is 5.53. The molecule has 1 aliphatic carbocycles. The number of aryl methyl sites for hydroxylation is 1. The van der Waals surface area contributed by atoms with E-state index < -0.39 is 16.7 Å². The highest BCUT2D eigenvalue weighted by Crippen LogP contribution is 2.31. The van der Waals surface area contributed by atoms with Gasteiger partial charge in [-0.05, 0) is 44.0 Å². The Kier molecular flexibility index (Phi) is 6.67. The first-order valence-electron chi connectivity index (χ1n) is 10.2. The normalized spacial score (nSPS) is 13.9. The van der Waals surface area contributed by atoms with Crippen LogP contribution in [0.25, 0.3) is 0 Å². The quantitative estimate of drug-likeness (QED) is 0.351. The molecule has 0 radical (unpaired) electrons. The number of hydrogen-bond acceptors (Lipinski definition) is 6. The molecule has 2 amide bonds. The lowest BCUT2D eigenvalue weighted by Crippen LogP contribution is -2.22. The zero-order valence-corrected chi connectivity index (χ0v) is 19.4. The molecule has 0 spiro atoms. The largest absolute Gasteiger partial charge is 0.455 e. The third-order valence-electron chi connectivity index (χ3n) is 5.26. The van der Waals surface area contributed by atoms with Crippen molar-refractivity contribution in [1.29, 1.82) is 0 Å². The number of fused-ring (bicyclic) bond motifs is 1. The Morgan fingerprint density at radius 3 is 2.53 bits per heavy atom. The fraction of sp³-hybridized carbons (Fsp3) is 0.174. The average Bonchev–Trinajstić information content (AvgIpc) is 3.14. The van der Waals surface area contributed by atoms with Crippen molar-refractivity contribution in [3.8, 4) is 0 Å². The van der Waals surface area contributed by atoms with Crippen LogP contribution in [0.3, 0.4) is 0 Å². The summed E-state index contributed by atoms with van der Waals surface area (Å²) in [6, 6.07) is 10.1. The van der Waals surface area contributed by atoms with Crippen molar-refractivity contribution in [3.63, 3.8) is 0 Å². The molecule has 9 nitrogen and oxygen atoms in total. The highest BCUT2D eigenvalue weighted by molar-refractivity contribution is 6.35. The molecular formula is C23H18Cl2N4O5. The van der Waals surface area contributed by atoms with E-state index in [2.05, 4.69) is 15.8 Å². The van der Waals surface area contributed by atoms with Crippen LogP contribution < -0.4 is 10.7 Å². The van der Waals surface area contributed by atoms with Gasteiger partial charge in [-0.3, -0.25) is 19.7 Å². The summed E-state index contributed by atoms with van der Waals surface area (Å²) in [5.74, 6) is -0.326. The number of carbonyl (C=O) groups is 2. The summed E-state index contributed by atoms with van der Waals surface area (Å²) in [4.78, 5) is 35.7. The number of nitrogens with zero attached hydrogens (tertiary/aromatic N) is 2. The number of hydrazone groups is 1. The third-order valence-corrected chi connectivity index (χ3v) is 5.70. The molecule has 0 bridgehead atoms. The predicted molar refractivity (Wildman–Crippen MR) is 128 cm³/mol. The molecule has 0 saturated heterocycles. The van der Waals surface area contributed by atoms with Crippen LogP contribution in [-0.2, 0) is 6.42 Å². The topological polar surface area (TPSA) is 127 Å². The maximum absolute atomic E-state index is 12.9. The van der Waals surface area contributed by atoms with Crippen LogP contribution in [0.15, 0.2) is 52.0 Å². The Labute approximate surface area is 203 Å². The molecule has 2 aromatic carbocycles. The molecule has 4 rings (SSSR count). The molecule has 1 aromatic heterocycles. The van der Waals surface area contributed by atoms with Gasteiger partial charge in [-0.2, -0.15) is 5.10 Å². The maximum Gasteiger partial charge on any atom is 0.291 e. The van der Waals surface area contributed by atoms with Crippen LogP contribution in [-0.4, -0.2) is 22.4 Å². The molecule has 0 fully saturated rings. The van der Waals surface area contributed by atoms with Crippen molar-refractivity contribution in [2.45, 2.75) is 26.2 Å². The van der Waals surface area contributed by atoms with E-state index in [0.717, 1.165) is 6.42 Å². The van der Waals surface area contributed by atoms with Gasteiger partial charge in [0.2, 0.25) is 0 Å². The Morgan fingerprint density at radius 2 is 1.82 bits per heavy atom. The van der Waals surface area contributed by atoms with Crippen LogP contribution in [0.1, 0.15) is 50.6 Å². The SMILES string of the molecule is Cc1c(C(=O)Nc2cc(Cl)cc(Cl)c2)oc2c1/C(=N/NC(=O)c1cccc([N+](=O)[O-])c1)CCC2. The van der Waals surface area contributed by atoms with Crippen LogP contribution in [0.5, 0.6) is 0 Å². The smallest absolute Gasteiger partial charge is 0.291 e. The van der Waals surface area contributed by atoms with Crippen molar-refractivity contribution < 1.29 is 18.9 Å². The second kappa shape index (κ2) is 9.66. The Balaban J connectivity index is 1.57. The second-order valence-electron chi connectivity index (χ2n) is 7.63. The fourth-order valence-corrected chi connectivity index (χ4v) is 4.28. The van der Waals surface area contributed by atoms with Crippen LogP contribution in [0.2, 0.25) is 10.0 Å². The van der Waals surface area contributed by atoms with Gasteiger partial charge in [-0.25, -0.2) is 5.43 Å². The van der Waals surface area contributed by atoms with E-state index in [1.54, 1.807) is 25.1 Å². The molecule has 1 aliphatic rings. The van der Waals surface area contributed by atoms with E-state index in [1.807, 2.05) is 0 Å². The van der Waals surface area contributed by atoms with Crippen LogP contribution in [0, 0.1) is 17.0 Å². The van der Waals surface area contributed by atoms with Gasteiger partial charge >= 0.3 is 0 Å². The van der Waals surface area contributed by atoms with E-state index in [4.69, 9.17) is 27.6 Å². The highest BCUT2D eigenvalue weighted by Gasteiger charge is 2.28. The number of nitro groups is 1. The molecule has 0 unspecified atom stereocenters. The summed E-state index contributed by atoms with van der Waals surface area (Å²) in [5.41, 5.74) is 4.61. The summed E-state index contributed by atoms with van der Waals surface area (Å²) in [7, 11) is 0. The van der Waals surface area contributed by atoms with E-state index in [1.165, 1.54) is 24.3 Å². The molecule has 11 heteroatoms. The minimum absolute atomic E-state index is 0.110. The van der Waals surface area contributed by atoms with Crippen molar-refractivity contribution in [1.82, 2.24) is 5.43 Å². The van der Waals surface area contributed by atoms with E-state index >= 15 is 0 Å². The minimum atomic E-state index is -0.583. The van der Waals surface area contributed by atoms with E-state index in [9.17, 15) is 19.7 Å². The molecule has 3 aromatic rings. The lowest BCUT2D eigenvalue weighted by Gasteiger charge is -2.13. The van der Waals surface area contributed by atoms with Gasteiger partial charge in [0, 0.05) is 51.0 Å². The molecule has 0 aliphatic heterocycles. The Hall–Kier alpha value is -3.69. The van der Waals surface area contributed by atoms with Crippen molar-refractivity contribution in [2.75, 3.05) is 5.32 Å².